The van der Waals surface area contributed by atoms with Crippen molar-refractivity contribution in [3.63, 3.8) is 0 Å². The maximum Gasteiger partial charge on any atom is 0.240 e. The Balaban J connectivity index is 2.48. The van der Waals surface area contributed by atoms with Gasteiger partial charge in [-0.05, 0) is 12.1 Å². The summed E-state index contributed by atoms with van der Waals surface area (Å²) < 4.78 is 31.0. The molecule has 4 nitrogen and oxygen atoms in total. The van der Waals surface area contributed by atoms with Gasteiger partial charge in [-0.2, -0.15) is 4.98 Å². The maximum absolute atomic E-state index is 13.1. The summed E-state index contributed by atoms with van der Waals surface area (Å²) in [5, 5.41) is 2.96. The van der Waals surface area contributed by atoms with Crippen LogP contribution in [0.25, 0.3) is 11.4 Å². The van der Waals surface area contributed by atoms with Gasteiger partial charge in [-0.1, -0.05) is 16.8 Å². The fourth-order valence-corrected chi connectivity index (χ4v) is 1.25. The number of nitrogens with two attached hydrogens (primary N) is 1. The van der Waals surface area contributed by atoms with Crippen molar-refractivity contribution < 1.29 is 13.3 Å². The third kappa shape index (κ3) is 1.89. The standard InChI is InChI=1S/C9H6ClF2N3O/c10-8-5(11)1-4(2-6(8)12)9-14-7(3-13)16-15-9/h1-2H,3,13H2. The topological polar surface area (TPSA) is 64.9 Å². The van der Waals surface area contributed by atoms with Crippen molar-refractivity contribution in [3.05, 3.63) is 34.7 Å². The third-order valence-corrected chi connectivity index (χ3v) is 2.25. The van der Waals surface area contributed by atoms with Gasteiger partial charge in [0.2, 0.25) is 11.7 Å². The lowest BCUT2D eigenvalue weighted by molar-refractivity contribution is 0.380. The normalized spacial score (nSPS) is 10.8. The molecule has 0 saturated carbocycles. The van der Waals surface area contributed by atoms with Gasteiger partial charge in [0.05, 0.1) is 6.54 Å². The van der Waals surface area contributed by atoms with E-state index in [9.17, 15) is 8.78 Å². The molecule has 16 heavy (non-hydrogen) atoms. The Hall–Kier alpha value is -1.53. The van der Waals surface area contributed by atoms with E-state index in [0.29, 0.717) is 0 Å². The molecule has 1 heterocycles. The second kappa shape index (κ2) is 4.15. The predicted molar refractivity (Wildman–Crippen MR) is 52.6 cm³/mol. The molecule has 0 unspecified atom stereocenters. The van der Waals surface area contributed by atoms with E-state index in [1.807, 2.05) is 0 Å². The monoisotopic (exact) mass is 245 g/mol. The van der Waals surface area contributed by atoms with E-state index < -0.39 is 16.7 Å². The van der Waals surface area contributed by atoms with E-state index in [1.54, 1.807) is 0 Å². The van der Waals surface area contributed by atoms with Crippen LogP contribution in [-0.2, 0) is 6.54 Å². The van der Waals surface area contributed by atoms with Gasteiger partial charge in [0, 0.05) is 5.56 Å². The molecule has 0 spiro atoms. The number of rotatable bonds is 2. The molecule has 0 atom stereocenters. The molecule has 0 fully saturated rings. The highest BCUT2D eigenvalue weighted by Crippen LogP contribution is 2.25. The van der Waals surface area contributed by atoms with Crippen LogP contribution in [0.15, 0.2) is 16.7 Å². The van der Waals surface area contributed by atoms with Crippen molar-refractivity contribution >= 4 is 11.6 Å². The number of hydrogen-bond donors (Lipinski definition) is 1. The highest BCUT2D eigenvalue weighted by molar-refractivity contribution is 6.30. The van der Waals surface area contributed by atoms with Crippen LogP contribution in [0, 0.1) is 11.6 Å². The number of hydrogen-bond acceptors (Lipinski definition) is 4. The van der Waals surface area contributed by atoms with E-state index in [-0.39, 0.29) is 23.8 Å². The summed E-state index contributed by atoms with van der Waals surface area (Å²) in [5.74, 6) is -1.51. The van der Waals surface area contributed by atoms with Gasteiger partial charge in [0.1, 0.15) is 16.7 Å². The van der Waals surface area contributed by atoms with Crippen molar-refractivity contribution in [1.82, 2.24) is 10.1 Å². The SMILES string of the molecule is NCc1nc(-c2cc(F)c(Cl)c(F)c2)no1. The second-order valence-corrected chi connectivity index (χ2v) is 3.35. The lowest BCUT2D eigenvalue weighted by Crippen LogP contribution is -1.95. The lowest BCUT2D eigenvalue weighted by atomic mass is 10.2. The molecular formula is C9H6ClF2N3O. The minimum atomic E-state index is -0.879. The minimum absolute atomic E-state index is 0.0611. The van der Waals surface area contributed by atoms with Crippen LogP contribution in [0.1, 0.15) is 5.89 Å². The largest absolute Gasteiger partial charge is 0.338 e. The summed E-state index contributed by atoms with van der Waals surface area (Å²) in [7, 11) is 0. The van der Waals surface area contributed by atoms with Gasteiger partial charge in [-0.25, -0.2) is 8.78 Å². The van der Waals surface area contributed by atoms with E-state index >= 15 is 0 Å². The summed E-state index contributed by atoms with van der Waals surface area (Å²) in [4.78, 5) is 3.83. The molecule has 1 aromatic heterocycles. The Morgan fingerprint density at radius 3 is 2.44 bits per heavy atom. The minimum Gasteiger partial charge on any atom is -0.338 e. The first-order valence-corrected chi connectivity index (χ1v) is 4.67. The zero-order valence-electron chi connectivity index (χ0n) is 7.88. The molecule has 0 aliphatic heterocycles. The first kappa shape index (κ1) is 11.0. The molecule has 0 radical (unpaired) electrons. The molecule has 2 N–H and O–H groups in total. The molecule has 2 rings (SSSR count). The quantitative estimate of drug-likeness (QED) is 0.823. The molecule has 0 aliphatic carbocycles. The second-order valence-electron chi connectivity index (χ2n) is 2.97. The van der Waals surface area contributed by atoms with Crippen LogP contribution in [0.4, 0.5) is 8.78 Å². The van der Waals surface area contributed by atoms with E-state index in [1.165, 1.54) is 0 Å². The third-order valence-electron chi connectivity index (χ3n) is 1.88. The molecule has 84 valence electrons. The Kier molecular flexibility index (Phi) is 2.84. The summed E-state index contributed by atoms with van der Waals surface area (Å²) in [6.45, 7) is 0.0611. The van der Waals surface area contributed by atoms with Gasteiger partial charge in [0.25, 0.3) is 0 Å². The average Bonchev–Trinajstić information content (AvgIpc) is 2.73. The number of halogens is 3. The molecule has 0 aliphatic rings. The molecule has 0 saturated heterocycles. The van der Waals surface area contributed by atoms with Gasteiger partial charge < -0.3 is 10.3 Å². The first-order valence-electron chi connectivity index (χ1n) is 4.29. The smallest absolute Gasteiger partial charge is 0.240 e. The van der Waals surface area contributed by atoms with Crippen molar-refractivity contribution in [2.45, 2.75) is 6.54 Å². The lowest BCUT2D eigenvalue weighted by Gasteiger charge is -1.98. The molecule has 7 heteroatoms. The zero-order chi connectivity index (χ0) is 11.7. The van der Waals surface area contributed by atoms with Crippen LogP contribution in [0.5, 0.6) is 0 Å². The van der Waals surface area contributed by atoms with Gasteiger partial charge in [-0.15, -0.1) is 0 Å². The Morgan fingerprint density at radius 2 is 1.94 bits per heavy atom. The zero-order valence-corrected chi connectivity index (χ0v) is 8.63. The molecule has 0 bridgehead atoms. The number of nitrogens with zero attached hydrogens (tertiary/aromatic N) is 2. The predicted octanol–water partition coefficient (Wildman–Crippen LogP) is 2.13. The molecular weight excluding hydrogens is 240 g/mol. The van der Waals surface area contributed by atoms with Gasteiger partial charge in [0.15, 0.2) is 0 Å². The molecule has 1 aromatic carbocycles. The van der Waals surface area contributed by atoms with Crippen LogP contribution < -0.4 is 5.73 Å². The fraction of sp³-hybridized carbons (Fsp3) is 0.111. The summed E-state index contributed by atoms with van der Waals surface area (Å²) in [6, 6.07) is 2.05. The summed E-state index contributed by atoms with van der Waals surface area (Å²) >= 11 is 5.34. The van der Waals surface area contributed by atoms with Gasteiger partial charge in [-0.3, -0.25) is 0 Å². The van der Waals surface area contributed by atoms with Crippen LogP contribution in [-0.4, -0.2) is 10.1 Å². The molecule has 2 aromatic rings. The first-order chi connectivity index (χ1) is 7.61. The highest BCUT2D eigenvalue weighted by atomic mass is 35.5. The fourth-order valence-electron chi connectivity index (χ4n) is 1.14. The average molecular weight is 246 g/mol. The Labute approximate surface area is 94.0 Å². The maximum atomic E-state index is 13.1. The van der Waals surface area contributed by atoms with Crippen molar-refractivity contribution in [2.24, 2.45) is 5.73 Å². The van der Waals surface area contributed by atoms with E-state index in [0.717, 1.165) is 12.1 Å². The van der Waals surface area contributed by atoms with Crippen molar-refractivity contribution in [2.75, 3.05) is 0 Å². The number of aromatic nitrogens is 2. The summed E-state index contributed by atoms with van der Waals surface area (Å²) in [6.07, 6.45) is 0. The van der Waals surface area contributed by atoms with Crippen LogP contribution >= 0.6 is 11.6 Å². The Morgan fingerprint density at radius 1 is 1.31 bits per heavy atom. The van der Waals surface area contributed by atoms with Crippen LogP contribution in [0.3, 0.4) is 0 Å². The summed E-state index contributed by atoms with van der Waals surface area (Å²) in [5.41, 5.74) is 5.40. The highest BCUT2D eigenvalue weighted by Gasteiger charge is 2.13. The molecule has 0 amide bonds. The van der Waals surface area contributed by atoms with Crippen molar-refractivity contribution in [1.29, 1.82) is 0 Å². The Bertz CT molecular complexity index is 506. The van der Waals surface area contributed by atoms with E-state index in [2.05, 4.69) is 10.1 Å². The van der Waals surface area contributed by atoms with Crippen LogP contribution in [0.2, 0.25) is 5.02 Å². The number of benzene rings is 1. The van der Waals surface area contributed by atoms with Crippen molar-refractivity contribution in [3.8, 4) is 11.4 Å². The van der Waals surface area contributed by atoms with E-state index in [4.69, 9.17) is 21.9 Å². The van der Waals surface area contributed by atoms with Gasteiger partial charge >= 0.3 is 0 Å².